The predicted octanol–water partition coefficient (Wildman–Crippen LogP) is 8.79. The van der Waals surface area contributed by atoms with E-state index < -0.39 is 7.26 Å². The molecule has 6 rings (SSSR count). The summed E-state index contributed by atoms with van der Waals surface area (Å²) in [6.07, 6.45) is 5.28. The summed E-state index contributed by atoms with van der Waals surface area (Å²) in [5.74, 6) is -0.189. The topological polar surface area (TPSA) is 43.4 Å². The van der Waals surface area contributed by atoms with Crippen molar-refractivity contribution in [2.45, 2.75) is 32.1 Å². The zero-order valence-electron chi connectivity index (χ0n) is 25.8. The van der Waals surface area contributed by atoms with Gasteiger partial charge >= 0.3 is 0 Å². The van der Waals surface area contributed by atoms with Crippen molar-refractivity contribution in [3.8, 4) is 0 Å². The molecule has 1 aliphatic rings. The number of hydrogen-bond acceptors (Lipinski definition) is 3. The van der Waals surface area contributed by atoms with Gasteiger partial charge in [0, 0.05) is 22.6 Å². The monoisotopic (exact) mass is 643 g/mol. The normalized spacial score (nSPS) is 13.1. The molecule has 0 aromatic heterocycles. The lowest BCUT2D eigenvalue weighted by Gasteiger charge is -2.27. The van der Waals surface area contributed by atoms with Gasteiger partial charge in [0.15, 0.2) is 11.5 Å². The Balaban J connectivity index is 1.15. The van der Waals surface area contributed by atoms with Crippen LogP contribution in [-0.2, 0) is 11.2 Å². The first-order valence-electron chi connectivity index (χ1n) is 15.9. The van der Waals surface area contributed by atoms with Gasteiger partial charge in [-0.3, -0.25) is 9.59 Å². The zero-order valence-corrected chi connectivity index (χ0v) is 27.4. The Bertz CT molecular complexity index is 1720. The van der Waals surface area contributed by atoms with Gasteiger partial charge in [-0.25, -0.2) is 0 Å². The molecule has 5 aromatic rings. The van der Waals surface area contributed by atoms with Gasteiger partial charge in [0.05, 0.1) is 18.3 Å². The number of allylic oxidation sites excluding steroid dienone is 2. The second-order valence-electron chi connectivity index (χ2n) is 11.6. The molecule has 230 valence electrons. The van der Waals surface area contributed by atoms with Crippen molar-refractivity contribution in [3.63, 3.8) is 0 Å². The number of Topliss-reactive ketones (excluding diaryl/α,β-unsaturated/α-hetero) is 2. The van der Waals surface area contributed by atoms with Gasteiger partial charge in [-0.05, 0) is 79.8 Å². The summed E-state index contributed by atoms with van der Waals surface area (Å²) < 4.78 is 6.18. The Morgan fingerprint density at radius 1 is 0.522 bits per heavy atom. The standard InChI is InChI=1S/C41H37ClO3P/c42-32-26-24-31(25-27-32)30-38-39(43)36-22-12-13-23-37(36)40(44)41(38)45-28-14-1-2-15-29-46(33-16-6-3-7-17-33,34-18-8-4-9-19-34)35-20-10-5-11-21-35/h3-13,16-27H,1-2,14-15,28-30H2/q+1. The number of halogens is 1. The van der Waals surface area contributed by atoms with Crippen LogP contribution in [0.1, 0.15) is 52.0 Å². The molecular formula is C41H37ClO3P+. The van der Waals surface area contributed by atoms with Gasteiger partial charge in [-0.1, -0.05) is 103 Å². The molecule has 0 aliphatic heterocycles. The molecule has 1 aliphatic carbocycles. The third kappa shape index (κ3) is 6.77. The number of ketones is 2. The SMILES string of the molecule is O=C1C(Cc2ccc(Cl)cc2)=C(OCCCCCC[P+](c2ccccc2)(c2ccccc2)c2ccccc2)C(=O)c2ccccc21. The maximum Gasteiger partial charge on any atom is 0.228 e. The molecule has 3 nitrogen and oxygen atoms in total. The Hall–Kier alpha value is -4.30. The van der Waals surface area contributed by atoms with E-state index in [1.807, 2.05) is 12.1 Å². The molecule has 0 atom stereocenters. The summed E-state index contributed by atoms with van der Waals surface area (Å²) >= 11 is 6.08. The average molecular weight is 644 g/mol. The van der Waals surface area contributed by atoms with E-state index in [9.17, 15) is 9.59 Å². The number of rotatable bonds is 13. The Morgan fingerprint density at radius 2 is 1.00 bits per heavy atom. The van der Waals surface area contributed by atoms with Crippen LogP contribution in [0.2, 0.25) is 5.02 Å². The number of carbonyl (C=O) groups excluding carboxylic acids is 2. The highest BCUT2D eigenvalue weighted by Gasteiger charge is 2.44. The molecule has 5 heteroatoms. The summed E-state index contributed by atoms with van der Waals surface area (Å²) in [6, 6.07) is 47.3. The van der Waals surface area contributed by atoms with E-state index in [1.165, 1.54) is 15.9 Å². The van der Waals surface area contributed by atoms with E-state index in [0.717, 1.165) is 37.4 Å². The first kappa shape index (κ1) is 31.7. The number of fused-ring (bicyclic) bond motifs is 1. The molecule has 0 amide bonds. The zero-order chi connectivity index (χ0) is 31.8. The maximum absolute atomic E-state index is 13.5. The lowest BCUT2D eigenvalue weighted by atomic mass is 9.85. The van der Waals surface area contributed by atoms with Crippen LogP contribution in [0.3, 0.4) is 0 Å². The van der Waals surface area contributed by atoms with Crippen LogP contribution in [0, 0.1) is 0 Å². The fraction of sp³-hybridized carbons (Fsp3) is 0.171. The summed E-state index contributed by atoms with van der Waals surface area (Å²) in [7, 11) is -1.85. The first-order valence-corrected chi connectivity index (χ1v) is 18.3. The molecule has 0 bridgehead atoms. The number of benzene rings is 5. The van der Waals surface area contributed by atoms with E-state index >= 15 is 0 Å². The third-order valence-electron chi connectivity index (χ3n) is 8.69. The second kappa shape index (κ2) is 14.9. The molecule has 0 heterocycles. The maximum atomic E-state index is 13.5. The second-order valence-corrected chi connectivity index (χ2v) is 15.7. The molecule has 0 saturated heterocycles. The number of unbranched alkanes of at least 4 members (excludes halogenated alkanes) is 3. The number of hydrogen-bond donors (Lipinski definition) is 0. The van der Waals surface area contributed by atoms with Crippen molar-refractivity contribution in [2.75, 3.05) is 12.8 Å². The minimum absolute atomic E-state index is 0.150. The van der Waals surface area contributed by atoms with Crippen molar-refractivity contribution in [1.82, 2.24) is 0 Å². The average Bonchev–Trinajstić information content (AvgIpc) is 3.11. The van der Waals surface area contributed by atoms with Crippen molar-refractivity contribution in [2.24, 2.45) is 0 Å². The smallest absolute Gasteiger partial charge is 0.228 e. The molecular weight excluding hydrogens is 607 g/mol. The summed E-state index contributed by atoms with van der Waals surface area (Å²) in [6.45, 7) is 0.386. The Kier molecular flexibility index (Phi) is 10.2. The van der Waals surface area contributed by atoms with Crippen LogP contribution in [-0.4, -0.2) is 24.3 Å². The van der Waals surface area contributed by atoms with Crippen LogP contribution < -0.4 is 15.9 Å². The lowest BCUT2D eigenvalue weighted by molar-refractivity contribution is 0.0866. The first-order chi connectivity index (χ1) is 22.6. The molecule has 46 heavy (non-hydrogen) atoms. The van der Waals surface area contributed by atoms with Gasteiger partial charge in [0.1, 0.15) is 23.2 Å². The summed E-state index contributed by atoms with van der Waals surface area (Å²) in [5.41, 5.74) is 2.16. The predicted molar refractivity (Wildman–Crippen MR) is 192 cm³/mol. The van der Waals surface area contributed by atoms with E-state index in [2.05, 4.69) is 91.0 Å². The van der Waals surface area contributed by atoms with E-state index in [-0.39, 0.29) is 17.3 Å². The molecule has 0 radical (unpaired) electrons. The van der Waals surface area contributed by atoms with Gasteiger partial charge in [-0.2, -0.15) is 0 Å². The quantitative estimate of drug-likeness (QED) is 0.0952. The van der Waals surface area contributed by atoms with Gasteiger partial charge in [0.25, 0.3) is 0 Å². The fourth-order valence-electron chi connectivity index (χ4n) is 6.38. The van der Waals surface area contributed by atoms with Gasteiger partial charge < -0.3 is 4.74 Å². The van der Waals surface area contributed by atoms with Crippen LogP contribution in [0.15, 0.2) is 151 Å². The highest BCUT2D eigenvalue weighted by atomic mass is 35.5. The Morgan fingerprint density at radius 3 is 1.54 bits per heavy atom. The highest BCUT2D eigenvalue weighted by Crippen LogP contribution is 2.56. The number of carbonyl (C=O) groups is 2. The van der Waals surface area contributed by atoms with Crippen LogP contribution >= 0.6 is 18.9 Å². The Labute approximate surface area is 277 Å². The summed E-state index contributed by atoms with van der Waals surface area (Å²) in [5, 5.41) is 4.83. The van der Waals surface area contributed by atoms with E-state index in [1.54, 1.807) is 36.4 Å². The number of ether oxygens (including phenoxy) is 1. The highest BCUT2D eigenvalue weighted by molar-refractivity contribution is 7.95. The van der Waals surface area contributed by atoms with E-state index in [0.29, 0.717) is 34.8 Å². The molecule has 0 saturated carbocycles. The lowest BCUT2D eigenvalue weighted by Crippen LogP contribution is -2.33. The fourth-order valence-corrected chi connectivity index (χ4v) is 10.9. The minimum atomic E-state index is -1.85. The van der Waals surface area contributed by atoms with Crippen LogP contribution in [0.25, 0.3) is 0 Å². The molecule has 5 aromatic carbocycles. The van der Waals surface area contributed by atoms with Gasteiger partial charge in [-0.15, -0.1) is 0 Å². The van der Waals surface area contributed by atoms with Crippen molar-refractivity contribution in [1.29, 1.82) is 0 Å². The molecule has 0 fully saturated rings. The largest absolute Gasteiger partial charge is 0.489 e. The van der Waals surface area contributed by atoms with E-state index in [4.69, 9.17) is 16.3 Å². The molecule has 0 unspecified atom stereocenters. The van der Waals surface area contributed by atoms with Crippen molar-refractivity contribution >= 4 is 46.3 Å². The molecule has 0 spiro atoms. The third-order valence-corrected chi connectivity index (χ3v) is 13.5. The van der Waals surface area contributed by atoms with Gasteiger partial charge in [0.2, 0.25) is 5.78 Å². The summed E-state index contributed by atoms with van der Waals surface area (Å²) in [4.78, 5) is 27.1. The van der Waals surface area contributed by atoms with Crippen LogP contribution in [0.4, 0.5) is 0 Å². The van der Waals surface area contributed by atoms with Crippen molar-refractivity contribution in [3.05, 3.63) is 173 Å². The molecule has 0 N–H and O–H groups in total. The van der Waals surface area contributed by atoms with Crippen LogP contribution in [0.5, 0.6) is 0 Å². The minimum Gasteiger partial charge on any atom is -0.489 e. The van der Waals surface area contributed by atoms with Crippen molar-refractivity contribution < 1.29 is 14.3 Å².